The van der Waals surface area contributed by atoms with Crippen LogP contribution in [0.2, 0.25) is 0 Å². The summed E-state index contributed by atoms with van der Waals surface area (Å²) in [6.07, 6.45) is 4.03. The molecule has 0 unspecified atom stereocenters. The number of nitrogens with one attached hydrogen (secondary N) is 1. The largest absolute Gasteiger partial charge is 0.375 e. The van der Waals surface area contributed by atoms with E-state index in [9.17, 15) is 0 Å². The number of thioether (sulfide) groups is 1. The fourth-order valence-electron chi connectivity index (χ4n) is 4.43. The maximum atomic E-state index is 4.98. The van der Waals surface area contributed by atoms with Gasteiger partial charge in [-0.05, 0) is 36.6 Å². The molecule has 6 heteroatoms. The third-order valence-corrected chi connectivity index (χ3v) is 8.47. The normalized spacial score (nSPS) is 13.9. The molecule has 0 bridgehead atoms. The lowest BCUT2D eigenvalue weighted by molar-refractivity contribution is 0.265. The van der Waals surface area contributed by atoms with Gasteiger partial charge >= 0.3 is 0 Å². The average molecular weight is 511 g/mol. The van der Waals surface area contributed by atoms with Gasteiger partial charge in [0, 0.05) is 53.3 Å². The lowest BCUT2D eigenvalue weighted by Crippen LogP contribution is -2.32. The summed E-state index contributed by atoms with van der Waals surface area (Å²) in [5.74, 6) is 1.36. The summed E-state index contributed by atoms with van der Waals surface area (Å²) in [6.45, 7) is 10.7. The first-order valence-electron chi connectivity index (χ1n) is 12.2. The van der Waals surface area contributed by atoms with E-state index in [4.69, 9.17) is 4.98 Å². The van der Waals surface area contributed by atoms with Crippen LogP contribution >= 0.6 is 23.1 Å². The molecule has 1 N–H and O–H groups in total. The monoisotopic (exact) mass is 510 g/mol. The molecule has 2 aromatic heterocycles. The number of thiazole rings is 1. The highest BCUT2D eigenvalue weighted by Crippen LogP contribution is 2.34. The number of likely N-dealkylation sites (tertiary alicyclic amines) is 1. The van der Waals surface area contributed by atoms with E-state index in [1.165, 1.54) is 16.3 Å². The molecule has 1 aliphatic heterocycles. The third kappa shape index (κ3) is 5.89. The van der Waals surface area contributed by atoms with E-state index < -0.39 is 0 Å². The molecule has 0 amide bonds. The summed E-state index contributed by atoms with van der Waals surface area (Å²) >= 11 is 3.49. The second-order valence-corrected chi connectivity index (χ2v) is 10.8. The van der Waals surface area contributed by atoms with Gasteiger partial charge in [0.05, 0.1) is 21.4 Å². The number of piperidine rings is 1. The Balaban J connectivity index is 1.16. The summed E-state index contributed by atoms with van der Waals surface area (Å²) in [4.78, 5) is 11.8. The lowest BCUT2D eigenvalue weighted by Gasteiger charge is -2.34. The van der Waals surface area contributed by atoms with Gasteiger partial charge in [-0.2, -0.15) is 0 Å². The highest BCUT2D eigenvalue weighted by Gasteiger charge is 2.24. The topological polar surface area (TPSA) is 41.0 Å². The molecule has 4 aromatic rings. The summed E-state index contributed by atoms with van der Waals surface area (Å²) in [7, 11) is 0. The van der Waals surface area contributed by atoms with Gasteiger partial charge in [0.1, 0.15) is 0 Å². The summed E-state index contributed by atoms with van der Waals surface area (Å²) in [5.41, 5.74) is 6.31. The number of hydrogen-bond acceptors (Lipinski definition) is 6. The molecule has 1 fully saturated rings. The minimum Gasteiger partial charge on any atom is -0.375 e. The lowest BCUT2D eigenvalue weighted by atomic mass is 9.97. The molecule has 4 nitrogen and oxygen atoms in total. The fraction of sp³-hybridized carbons (Fsp3) is 0.200. The highest BCUT2D eigenvalue weighted by molar-refractivity contribution is 7.99. The summed E-state index contributed by atoms with van der Waals surface area (Å²) < 4.78 is 0. The Hall–Kier alpha value is -3.35. The third-order valence-electron chi connectivity index (χ3n) is 6.44. The Morgan fingerprint density at radius 3 is 2.50 bits per heavy atom. The number of nitrogens with zero attached hydrogens (tertiary/aromatic N) is 3. The van der Waals surface area contributed by atoms with Crippen LogP contribution in [0.15, 0.2) is 108 Å². The molecule has 0 saturated carbocycles. The first-order chi connectivity index (χ1) is 17.7. The molecule has 1 aliphatic rings. The van der Waals surface area contributed by atoms with E-state index in [2.05, 4.69) is 76.2 Å². The quantitative estimate of drug-likeness (QED) is 0.233. The molecule has 0 aliphatic carbocycles. The van der Waals surface area contributed by atoms with Crippen LogP contribution in [0, 0.1) is 0 Å². The Kier molecular flexibility index (Phi) is 7.84. The number of rotatable bonds is 9. The van der Waals surface area contributed by atoms with E-state index in [1.807, 2.05) is 36.5 Å². The Bertz CT molecular complexity index is 1310. The van der Waals surface area contributed by atoms with Crippen LogP contribution in [-0.4, -0.2) is 33.7 Å². The predicted molar refractivity (Wildman–Crippen MR) is 154 cm³/mol. The van der Waals surface area contributed by atoms with Crippen molar-refractivity contribution in [1.82, 2.24) is 14.9 Å². The van der Waals surface area contributed by atoms with Gasteiger partial charge in [-0.15, -0.1) is 23.1 Å². The predicted octanol–water partition coefficient (Wildman–Crippen LogP) is 7.77. The standard InChI is InChI=1S/C30H30N4S2/c1-22(20-35-29-14-8-9-17-31-29)34-18-15-25(16-19-34)30-33-28(21-36-30)23(2)32-27-13-7-6-12-26(27)24-10-4-3-5-11-24/h3-14,17,21,25,32H,1-2,15-16,18-20H2. The number of anilines is 1. The van der Waals surface area contributed by atoms with Gasteiger partial charge in [0.15, 0.2) is 0 Å². The van der Waals surface area contributed by atoms with Gasteiger partial charge in [-0.1, -0.05) is 67.8 Å². The van der Waals surface area contributed by atoms with E-state index in [0.717, 1.165) is 59.4 Å². The van der Waals surface area contributed by atoms with Gasteiger partial charge in [-0.25, -0.2) is 9.97 Å². The van der Waals surface area contributed by atoms with Crippen molar-refractivity contribution >= 4 is 34.5 Å². The van der Waals surface area contributed by atoms with Crippen LogP contribution in [0.4, 0.5) is 5.69 Å². The van der Waals surface area contributed by atoms with Crippen LogP contribution in [0.5, 0.6) is 0 Å². The number of para-hydroxylation sites is 1. The SMILES string of the molecule is C=C(Nc1ccccc1-c1ccccc1)c1csc(C2CCN(C(=C)CSc3ccccn3)CC2)n1. The Morgan fingerprint density at radius 1 is 0.972 bits per heavy atom. The zero-order chi connectivity index (χ0) is 24.7. The Morgan fingerprint density at radius 2 is 1.72 bits per heavy atom. The maximum Gasteiger partial charge on any atom is 0.0971 e. The van der Waals surface area contributed by atoms with Crippen LogP contribution < -0.4 is 5.32 Å². The first-order valence-corrected chi connectivity index (χ1v) is 14.1. The molecule has 1 saturated heterocycles. The second-order valence-electron chi connectivity index (χ2n) is 8.87. The molecular weight excluding hydrogens is 480 g/mol. The maximum absolute atomic E-state index is 4.98. The van der Waals surface area contributed by atoms with E-state index >= 15 is 0 Å². The number of hydrogen-bond donors (Lipinski definition) is 1. The van der Waals surface area contributed by atoms with E-state index in [-0.39, 0.29) is 0 Å². The zero-order valence-electron chi connectivity index (χ0n) is 20.3. The molecule has 0 radical (unpaired) electrons. The van der Waals surface area contributed by atoms with Crippen LogP contribution in [-0.2, 0) is 0 Å². The first kappa shape index (κ1) is 24.3. The van der Waals surface area contributed by atoms with Gasteiger partial charge < -0.3 is 10.2 Å². The zero-order valence-corrected chi connectivity index (χ0v) is 21.9. The van der Waals surface area contributed by atoms with Crippen molar-refractivity contribution in [3.05, 3.63) is 114 Å². The van der Waals surface area contributed by atoms with Gasteiger partial charge in [-0.3, -0.25) is 0 Å². The minimum atomic E-state index is 0.487. The smallest absolute Gasteiger partial charge is 0.0971 e. The van der Waals surface area contributed by atoms with Crippen LogP contribution in [0.3, 0.4) is 0 Å². The molecule has 36 heavy (non-hydrogen) atoms. The molecule has 0 spiro atoms. The summed E-state index contributed by atoms with van der Waals surface area (Å²) in [6, 6.07) is 24.8. The Labute approximate surface area is 221 Å². The van der Waals surface area contributed by atoms with Crippen molar-refractivity contribution in [2.75, 3.05) is 24.2 Å². The van der Waals surface area contributed by atoms with Crippen molar-refractivity contribution in [3.63, 3.8) is 0 Å². The number of benzene rings is 2. The molecule has 3 heterocycles. The molecule has 5 rings (SSSR count). The van der Waals surface area contributed by atoms with Crippen molar-refractivity contribution in [3.8, 4) is 11.1 Å². The van der Waals surface area contributed by atoms with Gasteiger partial charge in [0.2, 0.25) is 0 Å². The van der Waals surface area contributed by atoms with Crippen LogP contribution in [0.25, 0.3) is 16.8 Å². The molecule has 0 atom stereocenters. The van der Waals surface area contributed by atoms with Crippen molar-refractivity contribution in [2.45, 2.75) is 23.8 Å². The minimum absolute atomic E-state index is 0.487. The van der Waals surface area contributed by atoms with E-state index in [1.54, 1.807) is 23.1 Å². The second kappa shape index (κ2) is 11.6. The molecule has 182 valence electrons. The van der Waals surface area contributed by atoms with E-state index in [0.29, 0.717) is 5.92 Å². The summed E-state index contributed by atoms with van der Waals surface area (Å²) in [5, 5.41) is 7.89. The van der Waals surface area contributed by atoms with Crippen LogP contribution in [0.1, 0.15) is 29.5 Å². The van der Waals surface area contributed by atoms with Crippen molar-refractivity contribution in [1.29, 1.82) is 0 Å². The number of pyridine rings is 1. The van der Waals surface area contributed by atoms with Gasteiger partial charge in [0.25, 0.3) is 0 Å². The average Bonchev–Trinajstić information content (AvgIpc) is 3.44. The highest BCUT2D eigenvalue weighted by atomic mass is 32.2. The molecule has 2 aromatic carbocycles. The van der Waals surface area contributed by atoms with Crippen molar-refractivity contribution < 1.29 is 0 Å². The van der Waals surface area contributed by atoms with Crippen molar-refractivity contribution in [2.24, 2.45) is 0 Å². The molecular formula is C30H30N4S2. The fourth-order valence-corrected chi connectivity index (χ4v) is 6.24. The number of aromatic nitrogens is 2.